The fourth-order valence-electron chi connectivity index (χ4n) is 3.20. The standard InChI is InChI=1S/C21H20N4O3/c26-20(21(27)24-16-7-6-14-13-22-25-19(14)12-16)23-15-8-10-18(11-9-15)28-17-4-2-1-3-5-17/h1-5,8-11,13,16H,6-7,12H2,(H,22,25)(H,23,26)(H,24,27). The summed E-state index contributed by atoms with van der Waals surface area (Å²) in [4.78, 5) is 24.4. The number of aryl methyl sites for hydroxylation is 1. The number of fused-ring (bicyclic) bond motifs is 1. The summed E-state index contributed by atoms with van der Waals surface area (Å²) in [6.45, 7) is 0. The van der Waals surface area contributed by atoms with Crippen LogP contribution in [0.4, 0.5) is 5.69 Å². The summed E-state index contributed by atoms with van der Waals surface area (Å²) in [6, 6.07) is 16.2. The molecular formula is C21H20N4O3. The number of nitrogens with zero attached hydrogens (tertiary/aromatic N) is 1. The average molecular weight is 376 g/mol. The number of aromatic nitrogens is 2. The van der Waals surface area contributed by atoms with E-state index in [0.717, 1.165) is 24.3 Å². The van der Waals surface area contributed by atoms with Gasteiger partial charge >= 0.3 is 11.8 Å². The van der Waals surface area contributed by atoms with Crippen molar-refractivity contribution in [2.45, 2.75) is 25.3 Å². The quantitative estimate of drug-likeness (QED) is 0.610. The first-order chi connectivity index (χ1) is 13.7. The van der Waals surface area contributed by atoms with E-state index in [4.69, 9.17) is 4.74 Å². The molecule has 0 aliphatic heterocycles. The zero-order chi connectivity index (χ0) is 19.3. The van der Waals surface area contributed by atoms with Gasteiger partial charge in [0.2, 0.25) is 0 Å². The Bertz CT molecular complexity index is 967. The van der Waals surface area contributed by atoms with Crippen molar-refractivity contribution in [2.24, 2.45) is 0 Å². The van der Waals surface area contributed by atoms with Crippen LogP contribution in [-0.4, -0.2) is 28.1 Å². The number of amides is 2. The molecule has 1 atom stereocenters. The third-order valence-corrected chi connectivity index (χ3v) is 4.65. The van der Waals surface area contributed by atoms with E-state index >= 15 is 0 Å². The number of carbonyl (C=O) groups is 2. The number of hydrogen-bond donors (Lipinski definition) is 3. The van der Waals surface area contributed by atoms with Gasteiger partial charge in [0.25, 0.3) is 0 Å². The zero-order valence-electron chi connectivity index (χ0n) is 15.1. The van der Waals surface area contributed by atoms with Crippen LogP contribution in [0.5, 0.6) is 11.5 Å². The highest BCUT2D eigenvalue weighted by Gasteiger charge is 2.24. The predicted octanol–water partition coefficient (Wildman–Crippen LogP) is 2.81. The second kappa shape index (κ2) is 7.96. The first-order valence-corrected chi connectivity index (χ1v) is 9.13. The maximum atomic E-state index is 12.2. The van der Waals surface area contributed by atoms with Gasteiger partial charge in [-0.1, -0.05) is 18.2 Å². The number of aromatic amines is 1. The minimum atomic E-state index is -0.688. The molecule has 4 rings (SSSR count). The van der Waals surface area contributed by atoms with Crippen molar-refractivity contribution in [1.82, 2.24) is 15.5 Å². The van der Waals surface area contributed by atoms with Gasteiger partial charge < -0.3 is 15.4 Å². The highest BCUT2D eigenvalue weighted by Crippen LogP contribution is 2.23. The van der Waals surface area contributed by atoms with E-state index < -0.39 is 11.8 Å². The number of H-pyrrole nitrogens is 1. The number of hydrogen-bond acceptors (Lipinski definition) is 4. The lowest BCUT2D eigenvalue weighted by molar-refractivity contribution is -0.136. The minimum Gasteiger partial charge on any atom is -0.457 e. The van der Waals surface area contributed by atoms with Gasteiger partial charge in [-0.25, -0.2) is 0 Å². The molecule has 1 heterocycles. The Balaban J connectivity index is 1.30. The van der Waals surface area contributed by atoms with Crippen LogP contribution in [0.25, 0.3) is 0 Å². The lowest BCUT2D eigenvalue weighted by Gasteiger charge is -2.22. The van der Waals surface area contributed by atoms with Gasteiger partial charge in [0.05, 0.1) is 6.20 Å². The molecule has 0 saturated heterocycles. The number of para-hydroxylation sites is 1. The van der Waals surface area contributed by atoms with E-state index in [2.05, 4.69) is 20.8 Å². The summed E-state index contributed by atoms with van der Waals surface area (Å²) in [5.74, 6) is 0.0440. The summed E-state index contributed by atoms with van der Waals surface area (Å²) in [7, 11) is 0. The van der Waals surface area contributed by atoms with Gasteiger partial charge in [0, 0.05) is 23.8 Å². The number of rotatable bonds is 4. The van der Waals surface area contributed by atoms with E-state index in [0.29, 0.717) is 17.9 Å². The van der Waals surface area contributed by atoms with Crippen LogP contribution in [-0.2, 0) is 22.4 Å². The molecule has 1 unspecified atom stereocenters. The fraction of sp³-hybridized carbons (Fsp3) is 0.190. The van der Waals surface area contributed by atoms with E-state index in [1.165, 1.54) is 5.56 Å². The molecule has 2 aromatic carbocycles. The van der Waals surface area contributed by atoms with Crippen LogP contribution < -0.4 is 15.4 Å². The van der Waals surface area contributed by atoms with Crippen molar-refractivity contribution < 1.29 is 14.3 Å². The molecule has 0 saturated carbocycles. The Kier molecular flexibility index (Phi) is 5.05. The van der Waals surface area contributed by atoms with E-state index in [1.54, 1.807) is 24.3 Å². The number of carbonyl (C=O) groups excluding carboxylic acids is 2. The van der Waals surface area contributed by atoms with Gasteiger partial charge in [-0.2, -0.15) is 5.10 Å². The Morgan fingerprint density at radius 1 is 1.00 bits per heavy atom. The molecule has 0 bridgehead atoms. The first kappa shape index (κ1) is 17.8. The van der Waals surface area contributed by atoms with Crippen molar-refractivity contribution in [2.75, 3.05) is 5.32 Å². The van der Waals surface area contributed by atoms with Crippen LogP contribution in [0.1, 0.15) is 17.7 Å². The molecule has 142 valence electrons. The molecule has 0 fully saturated rings. The van der Waals surface area contributed by atoms with Crippen molar-refractivity contribution in [3.05, 3.63) is 72.1 Å². The first-order valence-electron chi connectivity index (χ1n) is 9.13. The zero-order valence-corrected chi connectivity index (χ0v) is 15.1. The number of nitrogens with one attached hydrogen (secondary N) is 3. The molecule has 1 aromatic heterocycles. The maximum Gasteiger partial charge on any atom is 0.313 e. The number of anilines is 1. The van der Waals surface area contributed by atoms with Crippen LogP contribution >= 0.6 is 0 Å². The molecule has 0 spiro atoms. The fourth-order valence-corrected chi connectivity index (χ4v) is 3.20. The minimum absolute atomic E-state index is 0.0761. The topological polar surface area (TPSA) is 96.1 Å². The Hall–Kier alpha value is -3.61. The molecule has 1 aliphatic rings. The van der Waals surface area contributed by atoms with Gasteiger partial charge in [-0.05, 0) is 54.8 Å². The second-order valence-electron chi connectivity index (χ2n) is 6.68. The summed E-state index contributed by atoms with van der Waals surface area (Å²) in [5, 5.41) is 12.4. The third kappa shape index (κ3) is 4.20. The molecule has 7 nitrogen and oxygen atoms in total. The number of ether oxygens (including phenoxy) is 1. The highest BCUT2D eigenvalue weighted by atomic mass is 16.5. The molecule has 0 radical (unpaired) electrons. The molecule has 3 aromatic rings. The predicted molar refractivity (Wildman–Crippen MR) is 104 cm³/mol. The second-order valence-corrected chi connectivity index (χ2v) is 6.68. The molecule has 7 heteroatoms. The molecular weight excluding hydrogens is 356 g/mol. The molecule has 2 amide bonds. The molecule has 28 heavy (non-hydrogen) atoms. The van der Waals surface area contributed by atoms with E-state index in [1.807, 2.05) is 36.5 Å². The SMILES string of the molecule is O=C(Nc1ccc(Oc2ccccc2)cc1)C(=O)NC1CCc2cn[nH]c2C1. The van der Waals surface area contributed by atoms with E-state index in [9.17, 15) is 9.59 Å². The summed E-state index contributed by atoms with van der Waals surface area (Å²) < 4.78 is 5.71. The van der Waals surface area contributed by atoms with Crippen molar-refractivity contribution >= 4 is 17.5 Å². The molecule has 1 aliphatic carbocycles. The monoisotopic (exact) mass is 376 g/mol. The lowest BCUT2D eigenvalue weighted by atomic mass is 9.94. The highest BCUT2D eigenvalue weighted by molar-refractivity contribution is 6.39. The summed E-state index contributed by atoms with van der Waals surface area (Å²) in [6.07, 6.45) is 4.09. The Morgan fingerprint density at radius 2 is 1.75 bits per heavy atom. The van der Waals surface area contributed by atoms with Gasteiger partial charge in [0.1, 0.15) is 11.5 Å². The van der Waals surface area contributed by atoms with E-state index in [-0.39, 0.29) is 6.04 Å². The Labute approximate surface area is 162 Å². The van der Waals surface area contributed by atoms with Crippen molar-refractivity contribution in [1.29, 1.82) is 0 Å². The third-order valence-electron chi connectivity index (χ3n) is 4.65. The Morgan fingerprint density at radius 3 is 2.54 bits per heavy atom. The van der Waals surface area contributed by atoms with Crippen LogP contribution in [0.2, 0.25) is 0 Å². The van der Waals surface area contributed by atoms with Crippen molar-refractivity contribution in [3.63, 3.8) is 0 Å². The van der Waals surface area contributed by atoms with Crippen LogP contribution in [0, 0.1) is 0 Å². The van der Waals surface area contributed by atoms with Gasteiger partial charge in [-0.15, -0.1) is 0 Å². The number of benzene rings is 2. The largest absolute Gasteiger partial charge is 0.457 e. The van der Waals surface area contributed by atoms with Gasteiger partial charge in [-0.3, -0.25) is 14.7 Å². The molecule has 3 N–H and O–H groups in total. The van der Waals surface area contributed by atoms with Crippen LogP contribution in [0.3, 0.4) is 0 Å². The average Bonchev–Trinajstić information content (AvgIpc) is 3.18. The smallest absolute Gasteiger partial charge is 0.313 e. The van der Waals surface area contributed by atoms with Gasteiger partial charge in [0.15, 0.2) is 0 Å². The van der Waals surface area contributed by atoms with Crippen molar-refractivity contribution in [3.8, 4) is 11.5 Å². The summed E-state index contributed by atoms with van der Waals surface area (Å²) in [5.41, 5.74) is 2.72. The normalized spacial score (nSPS) is 15.4. The summed E-state index contributed by atoms with van der Waals surface area (Å²) >= 11 is 0. The van der Waals surface area contributed by atoms with Crippen LogP contribution in [0.15, 0.2) is 60.8 Å². The maximum absolute atomic E-state index is 12.2. The lowest BCUT2D eigenvalue weighted by Crippen LogP contribution is -2.44.